The molecule has 1 saturated heterocycles. The van der Waals surface area contributed by atoms with Crippen LogP contribution >= 0.6 is 0 Å². The van der Waals surface area contributed by atoms with Gasteiger partial charge < -0.3 is 15.2 Å². The minimum absolute atomic E-state index is 0.0693. The van der Waals surface area contributed by atoms with Crippen LogP contribution in [-0.2, 0) is 6.18 Å². The Labute approximate surface area is 208 Å². The number of fused-ring (bicyclic) bond motifs is 1. The number of aryl methyl sites for hydroxylation is 1. The van der Waals surface area contributed by atoms with Crippen LogP contribution in [0.25, 0.3) is 11.0 Å². The lowest BCUT2D eigenvalue weighted by molar-refractivity contribution is -0.138. The van der Waals surface area contributed by atoms with Crippen LogP contribution in [0.3, 0.4) is 0 Å². The summed E-state index contributed by atoms with van der Waals surface area (Å²) in [5.74, 6) is -2.52. The van der Waals surface area contributed by atoms with Crippen LogP contribution in [0, 0.1) is 24.6 Å². The van der Waals surface area contributed by atoms with Gasteiger partial charge in [-0.25, -0.2) is 23.7 Å². The van der Waals surface area contributed by atoms with E-state index in [0.717, 1.165) is 18.3 Å². The van der Waals surface area contributed by atoms with Crippen LogP contribution in [0.1, 0.15) is 54.3 Å². The van der Waals surface area contributed by atoms with E-state index in [2.05, 4.69) is 25.3 Å². The first-order valence-corrected chi connectivity index (χ1v) is 11.6. The molecule has 2 N–H and O–H groups in total. The molecule has 1 unspecified atom stereocenters. The molecule has 4 atom stereocenters. The lowest BCUT2D eigenvalue weighted by Crippen LogP contribution is -2.48. The van der Waals surface area contributed by atoms with Gasteiger partial charge in [-0.2, -0.15) is 13.2 Å². The number of carbonyl (C=O) groups is 1. The maximum Gasteiger partial charge on any atom is 0.418 e. The van der Waals surface area contributed by atoms with Crippen molar-refractivity contribution in [3.63, 3.8) is 0 Å². The third-order valence-corrected chi connectivity index (χ3v) is 6.38. The number of hydrogen-bond acceptors (Lipinski definition) is 6. The molecule has 198 valence electrons. The van der Waals surface area contributed by atoms with Crippen molar-refractivity contribution in [3.05, 3.63) is 57.1 Å². The van der Waals surface area contributed by atoms with Gasteiger partial charge >= 0.3 is 6.18 Å². The number of H-pyrrole nitrogens is 1. The lowest BCUT2D eigenvalue weighted by atomic mass is 9.89. The Morgan fingerprint density at radius 2 is 1.84 bits per heavy atom. The van der Waals surface area contributed by atoms with Crippen molar-refractivity contribution in [1.29, 1.82) is 0 Å². The SMILES string of the molecule is Cc1nc2cc(C(F)(F)F)c([C@H](C)Nc3ncc(C(=O)N4C[C@@H](C)C(F)[C@@H](C)C4)cc3F)nc2c(=O)[nH]1. The van der Waals surface area contributed by atoms with Gasteiger partial charge in [0.25, 0.3) is 11.5 Å². The minimum atomic E-state index is -4.83. The summed E-state index contributed by atoms with van der Waals surface area (Å²) in [6.45, 7) is 6.46. The third-order valence-electron chi connectivity index (χ3n) is 6.38. The van der Waals surface area contributed by atoms with Crippen molar-refractivity contribution in [1.82, 2.24) is 24.8 Å². The van der Waals surface area contributed by atoms with Gasteiger partial charge in [-0.3, -0.25) is 9.59 Å². The standard InChI is InChI=1S/C24H25F5N6O2/c1-10-8-35(9-11(2)18(10)26)23(37)14-5-16(25)21(30-7-14)31-12(3)19-15(24(27,28)29)6-17-20(34-19)22(36)33-13(4)32-17/h5-7,10-12,18H,8-9H2,1-4H3,(H,30,31)(H,32,33,36)/t10-,11+,12-,18?/m0/s1. The third kappa shape index (κ3) is 5.25. The van der Waals surface area contributed by atoms with E-state index >= 15 is 0 Å². The van der Waals surface area contributed by atoms with Gasteiger partial charge in [0.15, 0.2) is 17.2 Å². The Kier molecular flexibility index (Phi) is 6.91. The van der Waals surface area contributed by atoms with E-state index in [0.29, 0.717) is 0 Å². The number of aromatic nitrogens is 4. The molecule has 4 heterocycles. The number of anilines is 1. The molecular formula is C24H25F5N6O2. The number of nitrogens with one attached hydrogen (secondary N) is 2. The van der Waals surface area contributed by atoms with Gasteiger partial charge in [-0.15, -0.1) is 0 Å². The van der Waals surface area contributed by atoms with Crippen molar-refractivity contribution in [2.24, 2.45) is 11.8 Å². The van der Waals surface area contributed by atoms with E-state index in [-0.39, 0.29) is 47.3 Å². The maximum atomic E-state index is 14.9. The van der Waals surface area contributed by atoms with E-state index in [9.17, 15) is 31.5 Å². The van der Waals surface area contributed by atoms with Gasteiger partial charge in [0, 0.05) is 31.1 Å². The van der Waals surface area contributed by atoms with Crippen molar-refractivity contribution in [2.45, 2.75) is 46.1 Å². The predicted octanol–water partition coefficient (Wildman–Crippen LogP) is 4.42. The highest BCUT2D eigenvalue weighted by Crippen LogP contribution is 2.36. The summed E-state index contributed by atoms with van der Waals surface area (Å²) in [7, 11) is 0. The van der Waals surface area contributed by atoms with Crippen LogP contribution in [0.5, 0.6) is 0 Å². The Morgan fingerprint density at radius 1 is 1.19 bits per heavy atom. The van der Waals surface area contributed by atoms with E-state index in [1.54, 1.807) is 13.8 Å². The normalized spacial score (nSPS) is 21.2. The molecule has 8 nitrogen and oxygen atoms in total. The van der Waals surface area contributed by atoms with Crippen LogP contribution < -0.4 is 10.9 Å². The number of nitrogens with zero attached hydrogens (tertiary/aromatic N) is 4. The van der Waals surface area contributed by atoms with E-state index in [4.69, 9.17) is 0 Å². The molecule has 1 fully saturated rings. The zero-order chi connectivity index (χ0) is 27.2. The molecule has 0 aliphatic carbocycles. The molecule has 0 saturated carbocycles. The van der Waals surface area contributed by atoms with Gasteiger partial charge in [-0.05, 0) is 26.0 Å². The number of alkyl halides is 4. The fourth-order valence-corrected chi connectivity index (χ4v) is 4.57. The number of aromatic amines is 1. The number of likely N-dealkylation sites (tertiary alicyclic amines) is 1. The zero-order valence-corrected chi connectivity index (χ0v) is 20.5. The molecule has 37 heavy (non-hydrogen) atoms. The van der Waals surface area contributed by atoms with Gasteiger partial charge in [-0.1, -0.05) is 13.8 Å². The van der Waals surface area contributed by atoms with Crippen molar-refractivity contribution in [3.8, 4) is 0 Å². The average Bonchev–Trinajstić information content (AvgIpc) is 2.81. The van der Waals surface area contributed by atoms with E-state index < -0.39 is 52.7 Å². The summed E-state index contributed by atoms with van der Waals surface area (Å²) in [6, 6.07) is 0.430. The molecular weight excluding hydrogens is 499 g/mol. The van der Waals surface area contributed by atoms with E-state index in [1.165, 1.54) is 18.7 Å². The van der Waals surface area contributed by atoms with Gasteiger partial charge in [0.2, 0.25) is 0 Å². The Morgan fingerprint density at radius 3 is 2.43 bits per heavy atom. The molecule has 1 amide bonds. The van der Waals surface area contributed by atoms with Crippen molar-refractivity contribution < 1.29 is 26.7 Å². The molecule has 1 aliphatic rings. The topological polar surface area (TPSA) is 104 Å². The number of halogens is 5. The lowest BCUT2D eigenvalue weighted by Gasteiger charge is -2.37. The molecule has 0 spiro atoms. The largest absolute Gasteiger partial charge is 0.418 e. The molecule has 0 radical (unpaired) electrons. The summed E-state index contributed by atoms with van der Waals surface area (Å²) < 4.78 is 70.5. The number of hydrogen-bond donors (Lipinski definition) is 2. The second kappa shape index (κ2) is 9.67. The molecule has 0 aromatic carbocycles. The average molecular weight is 524 g/mol. The van der Waals surface area contributed by atoms with Crippen molar-refractivity contribution in [2.75, 3.05) is 18.4 Å². The second-order valence-corrected chi connectivity index (χ2v) is 9.47. The first-order chi connectivity index (χ1) is 17.3. The highest BCUT2D eigenvalue weighted by atomic mass is 19.4. The van der Waals surface area contributed by atoms with Crippen LogP contribution in [0.4, 0.5) is 27.8 Å². The molecule has 4 rings (SSSR count). The molecule has 3 aromatic heterocycles. The predicted molar refractivity (Wildman–Crippen MR) is 125 cm³/mol. The zero-order valence-electron chi connectivity index (χ0n) is 20.5. The number of amides is 1. The summed E-state index contributed by atoms with van der Waals surface area (Å²) in [5, 5.41) is 2.54. The highest BCUT2D eigenvalue weighted by molar-refractivity contribution is 5.94. The summed E-state index contributed by atoms with van der Waals surface area (Å²) in [4.78, 5) is 40.6. The van der Waals surface area contributed by atoms with Crippen LogP contribution in [-0.4, -0.2) is 50.0 Å². The van der Waals surface area contributed by atoms with E-state index in [1.807, 2.05) is 0 Å². The highest BCUT2D eigenvalue weighted by Gasteiger charge is 2.37. The van der Waals surface area contributed by atoms with Gasteiger partial charge in [0.05, 0.1) is 28.4 Å². The number of rotatable bonds is 4. The van der Waals surface area contributed by atoms with Crippen molar-refractivity contribution >= 4 is 22.8 Å². The summed E-state index contributed by atoms with van der Waals surface area (Å²) in [6.07, 6.45) is -4.77. The van der Waals surface area contributed by atoms with Crippen LogP contribution in [0.2, 0.25) is 0 Å². The molecule has 3 aromatic rings. The number of carbonyl (C=O) groups excluding carboxylic acids is 1. The first kappa shape index (κ1) is 26.4. The minimum Gasteiger partial charge on any atom is -0.360 e. The Bertz CT molecular complexity index is 1400. The summed E-state index contributed by atoms with van der Waals surface area (Å²) >= 11 is 0. The van der Waals surface area contributed by atoms with Crippen LogP contribution in [0.15, 0.2) is 23.1 Å². The molecule has 0 bridgehead atoms. The maximum absolute atomic E-state index is 14.9. The quantitative estimate of drug-likeness (QED) is 0.490. The Balaban J connectivity index is 1.62. The smallest absolute Gasteiger partial charge is 0.360 e. The molecule has 1 aliphatic heterocycles. The number of pyridine rings is 2. The summed E-state index contributed by atoms with van der Waals surface area (Å²) in [5.41, 5.74) is -2.98. The van der Waals surface area contributed by atoms with Gasteiger partial charge in [0.1, 0.15) is 12.0 Å². The monoisotopic (exact) mass is 524 g/mol. The second-order valence-electron chi connectivity index (χ2n) is 9.47. The first-order valence-electron chi connectivity index (χ1n) is 11.6. The fourth-order valence-electron chi connectivity index (χ4n) is 4.57. The Hall–Kier alpha value is -3.64. The number of piperidine rings is 1. The fraction of sp³-hybridized carbons (Fsp3) is 0.458. The molecule has 13 heteroatoms.